The number of anilines is 1. The first-order valence-electron chi connectivity index (χ1n) is 8.98. The highest BCUT2D eigenvalue weighted by atomic mass is 32.1. The van der Waals surface area contributed by atoms with E-state index in [4.69, 9.17) is 15.7 Å². The van der Waals surface area contributed by atoms with Crippen LogP contribution >= 0.6 is 11.3 Å². The third-order valence-electron chi connectivity index (χ3n) is 4.81. The van der Waals surface area contributed by atoms with Crippen molar-refractivity contribution in [2.24, 2.45) is 5.73 Å². The Morgan fingerprint density at radius 2 is 2.00 bits per heavy atom. The monoisotopic (exact) mass is 353 g/mol. The highest BCUT2D eigenvalue weighted by Crippen LogP contribution is 2.39. The molecule has 0 amide bonds. The normalized spacial score (nSPS) is 15.1. The van der Waals surface area contributed by atoms with Crippen LogP contribution in [0.25, 0.3) is 21.6 Å². The minimum atomic E-state index is 0.129. The van der Waals surface area contributed by atoms with Crippen molar-refractivity contribution < 1.29 is 0 Å². The van der Waals surface area contributed by atoms with Crippen molar-refractivity contribution in [2.45, 2.75) is 45.1 Å². The molecule has 0 saturated carbocycles. The lowest BCUT2D eigenvalue weighted by Crippen LogP contribution is -2.28. The molecule has 6 heteroatoms. The molecule has 4 rings (SSSR count). The first kappa shape index (κ1) is 16.4. The molecule has 1 aliphatic rings. The molecule has 5 nitrogen and oxygen atoms in total. The molecule has 3 aromatic heterocycles. The number of pyridine rings is 1. The number of aryl methyl sites for hydroxylation is 2. The van der Waals surface area contributed by atoms with E-state index >= 15 is 0 Å². The topological polar surface area (TPSA) is 76.7 Å². The Balaban J connectivity index is 1.83. The van der Waals surface area contributed by atoms with Gasteiger partial charge in [-0.25, -0.2) is 9.97 Å². The van der Waals surface area contributed by atoms with Gasteiger partial charge in [0.05, 0.1) is 5.39 Å². The summed E-state index contributed by atoms with van der Waals surface area (Å²) >= 11 is 1.82. The van der Waals surface area contributed by atoms with E-state index < -0.39 is 0 Å². The van der Waals surface area contributed by atoms with E-state index in [0.29, 0.717) is 0 Å². The number of aromatic nitrogens is 3. The van der Waals surface area contributed by atoms with E-state index in [1.54, 1.807) is 12.4 Å². The number of fused-ring (bicyclic) bond motifs is 3. The van der Waals surface area contributed by atoms with Gasteiger partial charge in [0.25, 0.3) is 0 Å². The summed E-state index contributed by atoms with van der Waals surface area (Å²) in [6, 6.07) is 4.04. The summed E-state index contributed by atoms with van der Waals surface area (Å²) in [6.07, 6.45) is 9.31. The maximum absolute atomic E-state index is 6.12. The largest absolute Gasteiger partial charge is 0.368 e. The van der Waals surface area contributed by atoms with E-state index in [1.165, 1.54) is 28.7 Å². The molecule has 25 heavy (non-hydrogen) atoms. The molecule has 0 spiro atoms. The predicted octanol–water partition coefficient (Wildman–Crippen LogP) is 3.78. The summed E-state index contributed by atoms with van der Waals surface area (Å²) in [6.45, 7) is 2.83. The van der Waals surface area contributed by atoms with Gasteiger partial charge >= 0.3 is 0 Å². The maximum atomic E-state index is 6.12. The summed E-state index contributed by atoms with van der Waals surface area (Å²) in [5, 5.41) is 4.71. The number of hydrogen-bond acceptors (Lipinski definition) is 6. The SMILES string of the molecule is CC[C@H](N)CNc1nc(-c2ccncc2)nc2sc3c(c12)CCCC3. The van der Waals surface area contributed by atoms with Gasteiger partial charge in [-0.3, -0.25) is 4.98 Å². The third-order valence-corrected chi connectivity index (χ3v) is 5.99. The van der Waals surface area contributed by atoms with Crippen LogP contribution in [0.1, 0.15) is 36.6 Å². The van der Waals surface area contributed by atoms with Crippen molar-refractivity contribution in [3.63, 3.8) is 0 Å². The molecule has 3 aromatic rings. The van der Waals surface area contributed by atoms with Gasteiger partial charge in [-0.05, 0) is 49.8 Å². The van der Waals surface area contributed by atoms with Crippen LogP contribution in [0, 0.1) is 0 Å². The van der Waals surface area contributed by atoms with Gasteiger partial charge in [0.2, 0.25) is 0 Å². The highest BCUT2D eigenvalue weighted by molar-refractivity contribution is 7.19. The van der Waals surface area contributed by atoms with Crippen LogP contribution in [0.2, 0.25) is 0 Å². The van der Waals surface area contributed by atoms with Crippen molar-refractivity contribution >= 4 is 27.4 Å². The lowest BCUT2D eigenvalue weighted by Gasteiger charge is -2.15. The van der Waals surface area contributed by atoms with Crippen molar-refractivity contribution in [3.05, 3.63) is 35.0 Å². The standard InChI is InChI=1S/C19H23N5S/c1-2-13(20)11-22-18-16-14-5-3-4-6-15(14)25-19(16)24-17(23-18)12-7-9-21-10-8-12/h7-10,13H,2-6,11,20H2,1H3,(H,22,23,24)/t13-/m0/s1. The summed E-state index contributed by atoms with van der Waals surface area (Å²) in [7, 11) is 0. The fraction of sp³-hybridized carbons (Fsp3) is 0.421. The molecule has 0 aliphatic heterocycles. The van der Waals surface area contributed by atoms with Gasteiger partial charge in [0.15, 0.2) is 5.82 Å². The quantitative estimate of drug-likeness (QED) is 0.730. The van der Waals surface area contributed by atoms with Gasteiger partial charge in [0, 0.05) is 35.4 Å². The molecule has 0 radical (unpaired) electrons. The molecular formula is C19H23N5S. The summed E-state index contributed by atoms with van der Waals surface area (Å²) in [5.41, 5.74) is 8.55. The average Bonchev–Trinajstić information content (AvgIpc) is 3.05. The molecular weight excluding hydrogens is 330 g/mol. The number of rotatable bonds is 5. The van der Waals surface area contributed by atoms with Crippen LogP contribution in [0.3, 0.4) is 0 Å². The molecule has 3 heterocycles. The Morgan fingerprint density at radius 1 is 1.20 bits per heavy atom. The fourth-order valence-electron chi connectivity index (χ4n) is 3.29. The van der Waals surface area contributed by atoms with Crippen molar-refractivity contribution in [1.29, 1.82) is 0 Å². The third kappa shape index (κ3) is 3.24. The average molecular weight is 353 g/mol. The molecule has 1 atom stereocenters. The molecule has 3 N–H and O–H groups in total. The van der Waals surface area contributed by atoms with E-state index in [2.05, 4.69) is 17.2 Å². The Bertz CT molecular complexity index is 874. The molecule has 0 saturated heterocycles. The van der Waals surface area contributed by atoms with E-state index in [-0.39, 0.29) is 6.04 Å². The Hall–Kier alpha value is -2.05. The molecule has 1 aliphatic carbocycles. The maximum Gasteiger partial charge on any atom is 0.163 e. The predicted molar refractivity (Wildman–Crippen MR) is 104 cm³/mol. The van der Waals surface area contributed by atoms with Gasteiger partial charge in [-0.15, -0.1) is 11.3 Å². The van der Waals surface area contributed by atoms with Gasteiger partial charge in [0.1, 0.15) is 10.6 Å². The van der Waals surface area contributed by atoms with Crippen molar-refractivity contribution in [1.82, 2.24) is 15.0 Å². The minimum Gasteiger partial charge on any atom is -0.368 e. The van der Waals surface area contributed by atoms with Crippen LogP contribution in [0.4, 0.5) is 5.82 Å². The first-order valence-corrected chi connectivity index (χ1v) is 9.80. The minimum absolute atomic E-state index is 0.129. The second-order valence-corrected chi connectivity index (χ2v) is 7.66. The zero-order valence-electron chi connectivity index (χ0n) is 14.5. The van der Waals surface area contributed by atoms with E-state index in [1.807, 2.05) is 23.5 Å². The van der Waals surface area contributed by atoms with Gasteiger partial charge in [-0.1, -0.05) is 6.92 Å². The van der Waals surface area contributed by atoms with Gasteiger partial charge < -0.3 is 11.1 Å². The zero-order valence-corrected chi connectivity index (χ0v) is 15.3. The number of nitrogens with one attached hydrogen (secondary N) is 1. The second kappa shape index (κ2) is 7.06. The molecule has 0 aromatic carbocycles. The number of thiophene rings is 1. The number of nitrogens with two attached hydrogens (primary N) is 1. The zero-order chi connectivity index (χ0) is 17.2. The van der Waals surface area contributed by atoms with E-state index in [0.717, 1.165) is 47.8 Å². The second-order valence-electron chi connectivity index (χ2n) is 6.57. The fourth-order valence-corrected chi connectivity index (χ4v) is 4.55. The lowest BCUT2D eigenvalue weighted by molar-refractivity contribution is 0.678. The Morgan fingerprint density at radius 3 is 2.80 bits per heavy atom. The molecule has 0 bridgehead atoms. The smallest absolute Gasteiger partial charge is 0.163 e. The number of nitrogens with zero attached hydrogens (tertiary/aromatic N) is 3. The lowest BCUT2D eigenvalue weighted by atomic mass is 9.97. The summed E-state index contributed by atoms with van der Waals surface area (Å²) in [4.78, 5) is 16.4. The van der Waals surface area contributed by atoms with Crippen LogP contribution in [0.5, 0.6) is 0 Å². The molecule has 0 fully saturated rings. The Kier molecular flexibility index (Phi) is 4.63. The van der Waals surface area contributed by atoms with Crippen LogP contribution in [-0.2, 0) is 12.8 Å². The summed E-state index contributed by atoms with van der Waals surface area (Å²) < 4.78 is 0. The molecule has 130 valence electrons. The van der Waals surface area contributed by atoms with Crippen LogP contribution in [-0.4, -0.2) is 27.5 Å². The highest BCUT2D eigenvalue weighted by Gasteiger charge is 2.21. The van der Waals surface area contributed by atoms with E-state index in [9.17, 15) is 0 Å². The number of hydrogen-bond donors (Lipinski definition) is 2. The Labute approximate surface area is 151 Å². The van der Waals surface area contributed by atoms with Crippen LogP contribution in [0.15, 0.2) is 24.5 Å². The van der Waals surface area contributed by atoms with Gasteiger partial charge in [-0.2, -0.15) is 0 Å². The first-order chi connectivity index (χ1) is 12.3. The van der Waals surface area contributed by atoms with Crippen LogP contribution < -0.4 is 11.1 Å². The molecule has 0 unspecified atom stereocenters. The summed E-state index contributed by atoms with van der Waals surface area (Å²) in [5.74, 6) is 1.68. The van der Waals surface area contributed by atoms with Crippen molar-refractivity contribution in [2.75, 3.05) is 11.9 Å². The van der Waals surface area contributed by atoms with Crippen molar-refractivity contribution in [3.8, 4) is 11.4 Å².